The number of nitrogens with zero attached hydrogens (tertiary/aromatic N) is 1. The zero-order valence-electron chi connectivity index (χ0n) is 14.4. The molecular formula is C17H32N2O2. The van der Waals surface area contributed by atoms with Gasteiger partial charge in [-0.25, -0.2) is 0 Å². The summed E-state index contributed by atoms with van der Waals surface area (Å²) in [4.78, 5) is 14.8. The van der Waals surface area contributed by atoms with Crippen LogP contribution in [0.5, 0.6) is 0 Å². The first-order valence-electron chi connectivity index (χ1n) is 8.34. The number of ether oxygens (including phenoxy) is 1. The van der Waals surface area contributed by atoms with Crippen molar-refractivity contribution in [2.75, 3.05) is 27.2 Å². The van der Waals surface area contributed by atoms with Gasteiger partial charge in [0.1, 0.15) is 5.54 Å². The predicted octanol–water partition coefficient (Wildman–Crippen LogP) is 2.43. The van der Waals surface area contributed by atoms with Crippen molar-refractivity contribution in [2.45, 2.75) is 64.5 Å². The number of carbonyl (C=O) groups excluding carboxylic acids is 1. The lowest BCUT2D eigenvalue weighted by Gasteiger charge is -2.42. The molecule has 4 nitrogen and oxygen atoms in total. The molecule has 0 bridgehead atoms. The van der Waals surface area contributed by atoms with Gasteiger partial charge in [0.2, 0.25) is 0 Å². The number of likely N-dealkylation sites (N-methyl/N-ethyl adjacent to an activating group) is 1. The molecule has 1 saturated carbocycles. The van der Waals surface area contributed by atoms with Crippen molar-refractivity contribution in [3.8, 4) is 0 Å². The van der Waals surface area contributed by atoms with Crippen LogP contribution in [-0.4, -0.2) is 49.7 Å². The molecule has 1 aliphatic heterocycles. The van der Waals surface area contributed by atoms with E-state index in [1.165, 1.54) is 33.0 Å². The Balaban J connectivity index is 2.03. The summed E-state index contributed by atoms with van der Waals surface area (Å²) in [6.45, 7) is 9.37. The third kappa shape index (κ3) is 3.42. The van der Waals surface area contributed by atoms with Gasteiger partial charge in [-0.15, -0.1) is 0 Å². The first kappa shape index (κ1) is 16.8. The molecule has 1 heterocycles. The Hall–Kier alpha value is -0.610. The molecule has 0 aromatic rings. The van der Waals surface area contributed by atoms with Crippen LogP contribution in [0, 0.1) is 11.3 Å². The van der Waals surface area contributed by atoms with Crippen LogP contribution in [0.25, 0.3) is 0 Å². The molecule has 1 saturated heterocycles. The number of methoxy groups -OCH3 is 1. The van der Waals surface area contributed by atoms with Crippen LogP contribution in [0.3, 0.4) is 0 Å². The molecule has 4 heteroatoms. The van der Waals surface area contributed by atoms with E-state index in [0.29, 0.717) is 11.5 Å². The lowest BCUT2D eigenvalue weighted by molar-refractivity contribution is -0.151. The average molecular weight is 296 g/mol. The maximum Gasteiger partial charge on any atom is 0.326 e. The van der Waals surface area contributed by atoms with Crippen LogP contribution in [0.15, 0.2) is 0 Å². The normalized spacial score (nSPS) is 34.9. The van der Waals surface area contributed by atoms with E-state index in [4.69, 9.17) is 4.74 Å². The van der Waals surface area contributed by atoms with E-state index in [1.54, 1.807) is 0 Å². The second-order valence-corrected chi connectivity index (χ2v) is 7.92. The number of rotatable bonds is 3. The molecule has 0 amide bonds. The smallest absolute Gasteiger partial charge is 0.326 e. The van der Waals surface area contributed by atoms with Gasteiger partial charge < -0.3 is 10.1 Å². The number of likely N-dealkylation sites (tertiary alicyclic amines) is 1. The van der Waals surface area contributed by atoms with Crippen LogP contribution in [0.1, 0.15) is 52.9 Å². The standard InChI is InChI=1S/C17H32N2O2/c1-16(2,3)13-8-10-19(12-13)14-7-6-9-17(11-14,18-4)15(20)21-5/h13-14,18H,6-12H2,1-5H3. The number of hydrogen-bond acceptors (Lipinski definition) is 4. The Morgan fingerprint density at radius 2 is 2.05 bits per heavy atom. The molecule has 1 N–H and O–H groups in total. The summed E-state index contributed by atoms with van der Waals surface area (Å²) in [6, 6.07) is 0.512. The Morgan fingerprint density at radius 1 is 1.33 bits per heavy atom. The Labute approximate surface area is 129 Å². The van der Waals surface area contributed by atoms with Gasteiger partial charge in [0, 0.05) is 12.6 Å². The third-order valence-corrected chi connectivity index (χ3v) is 5.74. The topological polar surface area (TPSA) is 41.6 Å². The monoisotopic (exact) mass is 296 g/mol. The van der Waals surface area contributed by atoms with E-state index in [0.717, 1.165) is 25.2 Å². The number of esters is 1. The van der Waals surface area contributed by atoms with Gasteiger partial charge in [-0.05, 0) is 57.0 Å². The second kappa shape index (κ2) is 6.25. The van der Waals surface area contributed by atoms with E-state index in [1.807, 2.05) is 7.05 Å². The maximum absolute atomic E-state index is 12.2. The first-order chi connectivity index (χ1) is 9.82. The molecule has 1 aliphatic carbocycles. The summed E-state index contributed by atoms with van der Waals surface area (Å²) in [7, 11) is 3.39. The minimum atomic E-state index is -0.475. The Bertz CT molecular complexity index is 377. The van der Waals surface area contributed by atoms with Crippen LogP contribution in [0.4, 0.5) is 0 Å². The molecule has 21 heavy (non-hydrogen) atoms. The van der Waals surface area contributed by atoms with E-state index >= 15 is 0 Å². The molecule has 3 unspecified atom stereocenters. The fourth-order valence-corrected chi connectivity index (χ4v) is 4.09. The summed E-state index contributed by atoms with van der Waals surface area (Å²) in [5.41, 5.74) is -0.0939. The van der Waals surface area contributed by atoms with E-state index in [-0.39, 0.29) is 5.97 Å². The van der Waals surface area contributed by atoms with Crippen LogP contribution < -0.4 is 5.32 Å². The summed E-state index contributed by atoms with van der Waals surface area (Å²) in [5, 5.41) is 3.26. The van der Waals surface area contributed by atoms with Crippen LogP contribution in [0.2, 0.25) is 0 Å². The van der Waals surface area contributed by atoms with Crippen molar-refractivity contribution in [2.24, 2.45) is 11.3 Å². The number of carbonyl (C=O) groups is 1. The molecule has 0 spiro atoms. The maximum atomic E-state index is 12.2. The van der Waals surface area contributed by atoms with Gasteiger partial charge in [-0.3, -0.25) is 9.69 Å². The van der Waals surface area contributed by atoms with Crippen molar-refractivity contribution >= 4 is 5.97 Å². The van der Waals surface area contributed by atoms with Gasteiger partial charge >= 0.3 is 5.97 Å². The molecular weight excluding hydrogens is 264 g/mol. The fourth-order valence-electron chi connectivity index (χ4n) is 4.09. The molecule has 0 radical (unpaired) electrons. The zero-order chi connectivity index (χ0) is 15.7. The van der Waals surface area contributed by atoms with Gasteiger partial charge in [0.05, 0.1) is 7.11 Å². The highest BCUT2D eigenvalue weighted by Gasteiger charge is 2.45. The molecule has 0 aromatic carbocycles. The summed E-state index contributed by atoms with van der Waals surface area (Å²) >= 11 is 0. The Morgan fingerprint density at radius 3 is 2.57 bits per heavy atom. The van der Waals surface area contributed by atoms with Crippen molar-refractivity contribution in [1.82, 2.24) is 10.2 Å². The second-order valence-electron chi connectivity index (χ2n) is 7.92. The average Bonchev–Trinajstić information content (AvgIpc) is 2.96. The van der Waals surface area contributed by atoms with Crippen molar-refractivity contribution in [1.29, 1.82) is 0 Å². The Kier molecular flexibility index (Phi) is 4.99. The lowest BCUT2D eigenvalue weighted by Crippen LogP contribution is -2.57. The summed E-state index contributed by atoms with van der Waals surface area (Å²) in [6.07, 6.45) is 5.36. The van der Waals surface area contributed by atoms with Crippen molar-refractivity contribution in [3.05, 3.63) is 0 Å². The van der Waals surface area contributed by atoms with Crippen molar-refractivity contribution < 1.29 is 9.53 Å². The molecule has 0 aromatic heterocycles. The van der Waals surface area contributed by atoms with Crippen LogP contribution in [-0.2, 0) is 9.53 Å². The number of nitrogens with one attached hydrogen (secondary N) is 1. The van der Waals surface area contributed by atoms with Gasteiger partial charge in [0.15, 0.2) is 0 Å². The van der Waals surface area contributed by atoms with Crippen molar-refractivity contribution in [3.63, 3.8) is 0 Å². The predicted molar refractivity (Wildman–Crippen MR) is 85.2 cm³/mol. The third-order valence-electron chi connectivity index (χ3n) is 5.74. The first-order valence-corrected chi connectivity index (χ1v) is 8.34. The van der Waals surface area contributed by atoms with E-state index in [2.05, 4.69) is 31.0 Å². The van der Waals surface area contributed by atoms with Gasteiger partial charge in [0.25, 0.3) is 0 Å². The highest BCUT2D eigenvalue weighted by molar-refractivity contribution is 5.81. The minimum Gasteiger partial charge on any atom is -0.468 e. The molecule has 122 valence electrons. The largest absolute Gasteiger partial charge is 0.468 e. The SMILES string of the molecule is CNC1(C(=O)OC)CCCC(N2CCC(C(C)(C)C)C2)C1. The zero-order valence-corrected chi connectivity index (χ0v) is 14.4. The molecule has 2 fully saturated rings. The molecule has 2 aliphatic rings. The van der Waals surface area contributed by atoms with Gasteiger partial charge in [-0.1, -0.05) is 20.8 Å². The summed E-state index contributed by atoms with van der Waals surface area (Å²) in [5.74, 6) is 0.669. The van der Waals surface area contributed by atoms with E-state index < -0.39 is 5.54 Å². The number of hydrogen-bond donors (Lipinski definition) is 1. The van der Waals surface area contributed by atoms with Gasteiger partial charge in [-0.2, -0.15) is 0 Å². The van der Waals surface area contributed by atoms with E-state index in [9.17, 15) is 4.79 Å². The molecule has 3 atom stereocenters. The summed E-state index contributed by atoms with van der Waals surface area (Å²) < 4.78 is 5.05. The highest BCUT2D eigenvalue weighted by Crippen LogP contribution is 2.38. The lowest BCUT2D eigenvalue weighted by atomic mass is 9.78. The quantitative estimate of drug-likeness (QED) is 0.812. The minimum absolute atomic E-state index is 0.0960. The fraction of sp³-hybridized carbons (Fsp3) is 0.941. The highest BCUT2D eigenvalue weighted by atomic mass is 16.5. The molecule has 2 rings (SSSR count). The van der Waals surface area contributed by atoms with Crippen LogP contribution >= 0.6 is 0 Å².